The first-order valence-corrected chi connectivity index (χ1v) is 11.3. The lowest BCUT2D eigenvalue weighted by molar-refractivity contribution is -0.139. The molecule has 10 heteroatoms. The molecule has 2 rings (SSSR count). The Morgan fingerprint density at radius 1 is 1.33 bits per heavy atom. The number of ether oxygens (including phenoxy) is 2. The van der Waals surface area contributed by atoms with E-state index in [1.54, 1.807) is 26.8 Å². The van der Waals surface area contributed by atoms with Crippen molar-refractivity contribution in [3.05, 3.63) is 44.2 Å². The molecule has 30 heavy (non-hydrogen) atoms. The second-order valence-electron chi connectivity index (χ2n) is 6.41. The Morgan fingerprint density at radius 2 is 2.07 bits per heavy atom. The average molecular weight is 457 g/mol. The van der Waals surface area contributed by atoms with Crippen LogP contribution >= 0.6 is 23.1 Å². The molecule has 0 radical (unpaired) electrons. The van der Waals surface area contributed by atoms with E-state index in [-0.39, 0.29) is 23.3 Å². The Kier molecular flexibility index (Phi) is 8.91. The van der Waals surface area contributed by atoms with E-state index in [0.717, 1.165) is 16.2 Å². The lowest BCUT2D eigenvalue weighted by atomic mass is 9.81. The van der Waals surface area contributed by atoms with Crippen LogP contribution in [0.25, 0.3) is 0 Å². The van der Waals surface area contributed by atoms with E-state index in [1.807, 2.05) is 0 Å². The number of rotatable bonds is 10. The van der Waals surface area contributed by atoms with Gasteiger partial charge in [0.15, 0.2) is 5.13 Å². The Balaban J connectivity index is 2.56. The van der Waals surface area contributed by atoms with Gasteiger partial charge in [-0.3, -0.25) is 4.79 Å². The van der Waals surface area contributed by atoms with Gasteiger partial charge in [0, 0.05) is 39.9 Å². The minimum Gasteiger partial charge on any atom is -0.466 e. The molecule has 0 fully saturated rings. The van der Waals surface area contributed by atoms with Gasteiger partial charge in [0.25, 0.3) is 0 Å². The maximum Gasteiger partial charge on any atom is 0.336 e. The molecule has 7 nitrogen and oxygen atoms in total. The fourth-order valence-corrected chi connectivity index (χ4v) is 4.82. The van der Waals surface area contributed by atoms with Crippen LogP contribution in [0.2, 0.25) is 0 Å². The molecule has 164 valence electrons. The summed E-state index contributed by atoms with van der Waals surface area (Å²) in [6.07, 6.45) is 0.621. The molecule has 1 unspecified atom stereocenters. The Morgan fingerprint density at radius 3 is 2.63 bits per heavy atom. The number of halogens is 1. The van der Waals surface area contributed by atoms with Crippen LogP contribution < -0.4 is 10.6 Å². The summed E-state index contributed by atoms with van der Waals surface area (Å²) >= 11 is 2.44. The number of hydrogen-bond acceptors (Lipinski definition) is 8. The minimum atomic E-state index is -0.939. The highest BCUT2D eigenvalue weighted by Gasteiger charge is 2.40. The number of allylic oxidation sites excluding steroid dienone is 1. The molecular formula is C20H25FN2O5S2. The zero-order chi connectivity index (χ0) is 22.3. The Bertz CT molecular complexity index is 879. The molecule has 0 spiro atoms. The monoisotopic (exact) mass is 456 g/mol. The van der Waals surface area contributed by atoms with Gasteiger partial charge in [-0.25, -0.2) is 9.59 Å². The molecule has 1 aliphatic heterocycles. The third-order valence-corrected chi connectivity index (χ3v) is 6.25. The lowest BCUT2D eigenvalue weighted by Gasteiger charge is -2.31. The Hall–Kier alpha value is -2.33. The van der Waals surface area contributed by atoms with Crippen molar-refractivity contribution in [3.63, 3.8) is 0 Å². The van der Waals surface area contributed by atoms with Crippen LogP contribution in [0.3, 0.4) is 0 Å². The van der Waals surface area contributed by atoms with Crippen molar-refractivity contribution in [3.8, 4) is 0 Å². The van der Waals surface area contributed by atoms with Crippen LogP contribution in [0.1, 0.15) is 30.2 Å². The molecule has 1 amide bonds. The van der Waals surface area contributed by atoms with E-state index < -0.39 is 23.0 Å². The van der Waals surface area contributed by atoms with Crippen molar-refractivity contribution in [2.75, 3.05) is 31.8 Å². The topological polar surface area (TPSA) is 93.7 Å². The second-order valence-corrected chi connectivity index (χ2v) is 8.72. The van der Waals surface area contributed by atoms with Crippen LogP contribution in [-0.2, 0) is 23.9 Å². The molecule has 1 aromatic rings. The number of hydrogen-bond donors (Lipinski definition) is 2. The maximum absolute atomic E-state index is 14.8. The highest BCUT2D eigenvalue weighted by Crippen LogP contribution is 2.42. The van der Waals surface area contributed by atoms with Gasteiger partial charge in [0.1, 0.15) is 0 Å². The molecule has 1 atom stereocenters. The summed E-state index contributed by atoms with van der Waals surface area (Å²) in [5.41, 5.74) is 1.64. The minimum absolute atomic E-state index is 0.139. The van der Waals surface area contributed by atoms with E-state index >= 15 is 0 Å². The predicted molar refractivity (Wildman–Crippen MR) is 115 cm³/mol. The molecule has 0 saturated heterocycles. The Labute approximate surface area is 183 Å². The smallest absolute Gasteiger partial charge is 0.336 e. The third kappa shape index (κ3) is 5.42. The summed E-state index contributed by atoms with van der Waals surface area (Å²) in [5.74, 6) is -1.19. The first-order valence-electron chi connectivity index (χ1n) is 9.32. The molecule has 1 aliphatic rings. The van der Waals surface area contributed by atoms with Crippen molar-refractivity contribution in [2.24, 2.45) is 0 Å². The first-order chi connectivity index (χ1) is 14.3. The highest BCUT2D eigenvalue weighted by molar-refractivity contribution is 7.99. The maximum atomic E-state index is 14.8. The number of carbonyl (C=O) groups is 3. The quantitative estimate of drug-likeness (QED) is 0.318. The lowest BCUT2D eigenvalue weighted by Crippen LogP contribution is -2.34. The first kappa shape index (κ1) is 23.9. The van der Waals surface area contributed by atoms with Crippen LogP contribution in [0.5, 0.6) is 0 Å². The summed E-state index contributed by atoms with van der Waals surface area (Å²) in [7, 11) is 1.24. The summed E-state index contributed by atoms with van der Waals surface area (Å²) < 4.78 is 25.0. The van der Waals surface area contributed by atoms with Crippen LogP contribution in [0, 0.1) is 12.1 Å². The molecule has 0 aromatic carbocycles. The average Bonchev–Trinajstić information content (AvgIpc) is 3.04. The molecular weight excluding hydrogens is 431 g/mol. The summed E-state index contributed by atoms with van der Waals surface area (Å²) in [5, 5.41) is 5.23. The summed E-state index contributed by atoms with van der Waals surface area (Å²) in [4.78, 5) is 36.6. The van der Waals surface area contributed by atoms with E-state index in [1.165, 1.54) is 18.9 Å². The van der Waals surface area contributed by atoms with Gasteiger partial charge >= 0.3 is 11.9 Å². The number of esters is 2. The van der Waals surface area contributed by atoms with Crippen LogP contribution in [0.15, 0.2) is 28.6 Å². The zero-order valence-electron chi connectivity index (χ0n) is 17.3. The molecule has 2 N–H and O–H groups in total. The number of thioether (sulfide) groups is 1. The standard InChI is InChI=1S/C20H25FN2O5S2/c1-5-28-20(26)17-14(9-29-7-6-22-10-24)23-12(3)15(19(25)27-4)16(17)13-8-11(2)30-18(13)21/h8,10,16,23H,5-7,9H2,1-4H3,(H,22,24). The summed E-state index contributed by atoms with van der Waals surface area (Å²) in [6.45, 7) is 5.75. The van der Waals surface area contributed by atoms with Gasteiger partial charge in [-0.05, 0) is 26.8 Å². The number of methoxy groups -OCH3 is 1. The highest BCUT2D eigenvalue weighted by atomic mass is 32.2. The normalized spacial score (nSPS) is 16.2. The van der Waals surface area contributed by atoms with Crippen molar-refractivity contribution in [2.45, 2.75) is 26.7 Å². The van der Waals surface area contributed by atoms with Gasteiger partial charge in [-0.1, -0.05) is 0 Å². The summed E-state index contributed by atoms with van der Waals surface area (Å²) in [6, 6.07) is 1.64. The SMILES string of the molecule is CCOC(=O)C1=C(CSCCNC=O)NC(C)=C(C(=O)OC)C1c1cc(C)sc1F. The number of amides is 1. The molecule has 1 aromatic heterocycles. The zero-order valence-corrected chi connectivity index (χ0v) is 18.9. The van der Waals surface area contributed by atoms with Crippen molar-refractivity contribution in [1.82, 2.24) is 10.6 Å². The number of dihydropyridines is 1. The predicted octanol–water partition coefficient (Wildman–Crippen LogP) is 2.63. The fourth-order valence-electron chi connectivity index (χ4n) is 3.22. The number of nitrogens with one attached hydrogen (secondary N) is 2. The number of carbonyl (C=O) groups excluding carboxylic acids is 3. The van der Waals surface area contributed by atoms with Gasteiger partial charge in [0.05, 0.1) is 30.8 Å². The molecule has 0 saturated carbocycles. The van der Waals surface area contributed by atoms with Gasteiger partial charge < -0.3 is 20.1 Å². The number of aryl methyl sites for hydroxylation is 1. The third-order valence-electron chi connectivity index (χ3n) is 4.41. The molecule has 0 aliphatic carbocycles. The van der Waals surface area contributed by atoms with Crippen molar-refractivity contribution >= 4 is 41.4 Å². The van der Waals surface area contributed by atoms with Gasteiger partial charge in [0.2, 0.25) is 6.41 Å². The van der Waals surface area contributed by atoms with E-state index in [4.69, 9.17) is 9.47 Å². The number of thiophene rings is 1. The van der Waals surface area contributed by atoms with Gasteiger partial charge in [-0.15, -0.1) is 11.3 Å². The van der Waals surface area contributed by atoms with Crippen molar-refractivity contribution in [1.29, 1.82) is 0 Å². The van der Waals surface area contributed by atoms with Gasteiger partial charge in [-0.2, -0.15) is 16.2 Å². The van der Waals surface area contributed by atoms with Crippen molar-refractivity contribution < 1.29 is 28.2 Å². The van der Waals surface area contributed by atoms with E-state index in [0.29, 0.717) is 35.9 Å². The molecule has 0 bridgehead atoms. The second kappa shape index (κ2) is 11.2. The molecule has 2 heterocycles. The van der Waals surface area contributed by atoms with Crippen LogP contribution in [0.4, 0.5) is 4.39 Å². The fraction of sp³-hybridized carbons (Fsp3) is 0.450. The largest absolute Gasteiger partial charge is 0.466 e. The van der Waals surface area contributed by atoms with E-state index in [2.05, 4.69) is 10.6 Å². The van der Waals surface area contributed by atoms with Crippen LogP contribution in [-0.4, -0.2) is 50.1 Å². The van der Waals surface area contributed by atoms with E-state index in [9.17, 15) is 18.8 Å².